The van der Waals surface area contributed by atoms with Gasteiger partial charge in [0.05, 0.1) is 19.3 Å². The van der Waals surface area contributed by atoms with Crippen LogP contribution in [0.4, 0.5) is 0 Å². The zero-order valence-electron chi connectivity index (χ0n) is 10.0. The predicted octanol–water partition coefficient (Wildman–Crippen LogP) is 1.42. The van der Waals surface area contributed by atoms with E-state index in [-0.39, 0.29) is 18.8 Å². The maximum atomic E-state index is 10.8. The number of hydrogen-bond donors (Lipinski definition) is 1. The fourth-order valence-electron chi connectivity index (χ4n) is 1.26. The number of carboxylic acids is 1. The first-order valence-corrected chi connectivity index (χ1v) is 5.24. The molecule has 0 aliphatic heterocycles. The molecule has 0 saturated carbocycles. The molecule has 1 aromatic carbocycles. The summed E-state index contributed by atoms with van der Waals surface area (Å²) in [5, 5.41) is 8.87. The van der Waals surface area contributed by atoms with E-state index < -0.39 is 5.97 Å². The Balaban J connectivity index is 2.64. The highest BCUT2D eigenvalue weighted by atomic mass is 16.5. The molecule has 18 heavy (non-hydrogen) atoms. The number of carbonyl (C=O) groups is 1. The molecule has 5 heteroatoms. The highest BCUT2D eigenvalue weighted by Gasteiger charge is 2.09. The quantitative estimate of drug-likeness (QED) is 0.585. The summed E-state index contributed by atoms with van der Waals surface area (Å²) in [6.07, 6.45) is 5.02. The van der Waals surface area contributed by atoms with Crippen molar-refractivity contribution in [3.63, 3.8) is 0 Å². The van der Waals surface area contributed by atoms with Crippen LogP contribution >= 0.6 is 0 Å². The Hall–Kier alpha value is -2.19. The van der Waals surface area contributed by atoms with Crippen molar-refractivity contribution >= 4 is 5.97 Å². The first kappa shape index (κ1) is 13.9. The van der Waals surface area contributed by atoms with Gasteiger partial charge in [-0.25, -0.2) is 4.79 Å². The monoisotopic (exact) mass is 250 g/mol. The van der Waals surface area contributed by atoms with Crippen molar-refractivity contribution in [3.8, 4) is 23.8 Å². The molecule has 1 rings (SSSR count). The minimum atomic E-state index is -1.02. The van der Waals surface area contributed by atoms with Gasteiger partial charge in [0.15, 0.2) is 11.5 Å². The number of rotatable bonds is 7. The SMILES string of the molecule is C#CCOCCOc1cc(C(=O)O)ccc1OC. The van der Waals surface area contributed by atoms with Gasteiger partial charge >= 0.3 is 5.97 Å². The number of carboxylic acid groups (broad SMARTS) is 1. The molecule has 0 fully saturated rings. The van der Waals surface area contributed by atoms with Crippen molar-refractivity contribution in [3.05, 3.63) is 23.8 Å². The molecule has 96 valence electrons. The van der Waals surface area contributed by atoms with E-state index in [0.29, 0.717) is 18.1 Å². The third-order valence-electron chi connectivity index (χ3n) is 2.08. The van der Waals surface area contributed by atoms with Crippen molar-refractivity contribution < 1.29 is 24.1 Å². The average Bonchev–Trinajstić information content (AvgIpc) is 2.38. The number of benzene rings is 1. The van der Waals surface area contributed by atoms with Crippen molar-refractivity contribution in [1.82, 2.24) is 0 Å². The van der Waals surface area contributed by atoms with Gasteiger partial charge in [-0.05, 0) is 18.2 Å². The maximum Gasteiger partial charge on any atom is 0.335 e. The summed E-state index contributed by atoms with van der Waals surface area (Å²) in [5.74, 6) is 2.14. The van der Waals surface area contributed by atoms with Gasteiger partial charge in [-0.2, -0.15) is 0 Å². The number of hydrogen-bond acceptors (Lipinski definition) is 4. The van der Waals surface area contributed by atoms with Crippen molar-refractivity contribution in [2.75, 3.05) is 26.9 Å². The topological polar surface area (TPSA) is 65.0 Å². The second kappa shape index (κ2) is 7.20. The number of aromatic carboxylic acids is 1. The lowest BCUT2D eigenvalue weighted by atomic mass is 10.2. The Morgan fingerprint density at radius 3 is 2.78 bits per heavy atom. The lowest BCUT2D eigenvalue weighted by Gasteiger charge is -2.11. The van der Waals surface area contributed by atoms with E-state index in [1.54, 1.807) is 6.07 Å². The largest absolute Gasteiger partial charge is 0.493 e. The second-order valence-corrected chi connectivity index (χ2v) is 3.28. The molecule has 5 nitrogen and oxygen atoms in total. The first-order chi connectivity index (χ1) is 8.69. The van der Waals surface area contributed by atoms with Gasteiger partial charge < -0.3 is 19.3 Å². The van der Waals surface area contributed by atoms with Gasteiger partial charge in [0.2, 0.25) is 0 Å². The molecule has 0 aliphatic rings. The lowest BCUT2D eigenvalue weighted by Crippen LogP contribution is -2.08. The van der Waals surface area contributed by atoms with E-state index in [0.717, 1.165) is 0 Å². The second-order valence-electron chi connectivity index (χ2n) is 3.28. The van der Waals surface area contributed by atoms with Crippen LogP contribution in [0.25, 0.3) is 0 Å². The fraction of sp³-hybridized carbons (Fsp3) is 0.308. The molecule has 0 aliphatic carbocycles. The predicted molar refractivity (Wildman–Crippen MR) is 65.1 cm³/mol. The summed E-state index contributed by atoms with van der Waals surface area (Å²) >= 11 is 0. The average molecular weight is 250 g/mol. The molecule has 0 aromatic heterocycles. The summed E-state index contributed by atoms with van der Waals surface area (Å²) in [5.41, 5.74) is 0.135. The highest BCUT2D eigenvalue weighted by Crippen LogP contribution is 2.27. The number of methoxy groups -OCH3 is 1. The third-order valence-corrected chi connectivity index (χ3v) is 2.08. The molecule has 0 saturated heterocycles. The van der Waals surface area contributed by atoms with Crippen molar-refractivity contribution in [1.29, 1.82) is 0 Å². The van der Waals surface area contributed by atoms with Crippen LogP contribution in [0, 0.1) is 12.3 Å². The molecule has 0 radical (unpaired) electrons. The van der Waals surface area contributed by atoms with Crippen LogP contribution in [0.15, 0.2) is 18.2 Å². The smallest absolute Gasteiger partial charge is 0.335 e. The summed E-state index contributed by atoms with van der Waals surface area (Å²) in [7, 11) is 1.48. The molecule has 0 atom stereocenters. The van der Waals surface area contributed by atoms with Gasteiger partial charge in [-0.1, -0.05) is 5.92 Å². The molecular formula is C13H14O5. The lowest BCUT2D eigenvalue weighted by molar-refractivity contribution is 0.0696. The Morgan fingerprint density at radius 2 is 2.17 bits per heavy atom. The van der Waals surface area contributed by atoms with Gasteiger partial charge in [-0.3, -0.25) is 0 Å². The van der Waals surface area contributed by atoms with E-state index in [9.17, 15) is 4.79 Å². The number of terminal acetylenes is 1. The summed E-state index contributed by atoms with van der Waals surface area (Å²) in [6, 6.07) is 4.40. The van der Waals surface area contributed by atoms with Gasteiger partial charge in [-0.15, -0.1) is 6.42 Å². The highest BCUT2D eigenvalue weighted by molar-refractivity contribution is 5.88. The Labute approximate surface area is 105 Å². The zero-order valence-corrected chi connectivity index (χ0v) is 10.0. The fourth-order valence-corrected chi connectivity index (χ4v) is 1.26. The molecular weight excluding hydrogens is 236 g/mol. The number of ether oxygens (including phenoxy) is 3. The van der Waals surface area contributed by atoms with Crippen LogP contribution in [0.5, 0.6) is 11.5 Å². The summed E-state index contributed by atoms with van der Waals surface area (Å²) in [4.78, 5) is 10.8. The van der Waals surface area contributed by atoms with Crippen LogP contribution in [-0.4, -0.2) is 38.0 Å². The van der Waals surface area contributed by atoms with Crippen LogP contribution in [-0.2, 0) is 4.74 Å². The Kier molecular flexibility index (Phi) is 5.55. The minimum Gasteiger partial charge on any atom is -0.493 e. The van der Waals surface area contributed by atoms with Gasteiger partial charge in [0, 0.05) is 0 Å². The van der Waals surface area contributed by atoms with Gasteiger partial charge in [0.25, 0.3) is 0 Å². The summed E-state index contributed by atoms with van der Waals surface area (Å²) in [6.45, 7) is 0.807. The van der Waals surface area contributed by atoms with E-state index in [4.69, 9.17) is 25.7 Å². The molecule has 0 heterocycles. The van der Waals surface area contributed by atoms with Crippen LogP contribution < -0.4 is 9.47 Å². The molecule has 1 aromatic rings. The molecule has 0 unspecified atom stereocenters. The summed E-state index contributed by atoms with van der Waals surface area (Å²) < 4.78 is 15.5. The van der Waals surface area contributed by atoms with E-state index >= 15 is 0 Å². The maximum absolute atomic E-state index is 10.8. The third kappa shape index (κ3) is 4.00. The van der Waals surface area contributed by atoms with Crippen molar-refractivity contribution in [2.24, 2.45) is 0 Å². The Morgan fingerprint density at radius 1 is 1.39 bits per heavy atom. The molecule has 0 amide bonds. The zero-order chi connectivity index (χ0) is 13.4. The van der Waals surface area contributed by atoms with Gasteiger partial charge in [0.1, 0.15) is 13.2 Å². The van der Waals surface area contributed by atoms with Crippen LogP contribution in [0.3, 0.4) is 0 Å². The molecule has 0 spiro atoms. The van der Waals surface area contributed by atoms with E-state index in [1.807, 2.05) is 0 Å². The standard InChI is InChI=1S/C13H14O5/c1-3-6-17-7-8-18-12-9-10(13(14)15)4-5-11(12)16-2/h1,4-5,9H,6-8H2,2H3,(H,14,15). The van der Waals surface area contributed by atoms with Crippen LogP contribution in [0.1, 0.15) is 10.4 Å². The Bertz CT molecular complexity index is 447. The van der Waals surface area contributed by atoms with E-state index in [2.05, 4.69) is 5.92 Å². The normalized spacial score (nSPS) is 9.56. The van der Waals surface area contributed by atoms with E-state index in [1.165, 1.54) is 19.2 Å². The van der Waals surface area contributed by atoms with Crippen LogP contribution in [0.2, 0.25) is 0 Å². The first-order valence-electron chi connectivity index (χ1n) is 5.24. The molecule has 1 N–H and O–H groups in total. The minimum absolute atomic E-state index is 0.135. The molecule has 0 bridgehead atoms. The van der Waals surface area contributed by atoms with Crippen molar-refractivity contribution in [2.45, 2.75) is 0 Å².